The van der Waals surface area contributed by atoms with Crippen LogP contribution in [0.15, 0.2) is 60.8 Å². The number of nitrogens with zero attached hydrogens (tertiary/aromatic N) is 4. The molecule has 0 aliphatic heterocycles. The summed E-state index contributed by atoms with van der Waals surface area (Å²) in [4.78, 5) is 11.1. The molecule has 0 saturated carbocycles. The fourth-order valence-corrected chi connectivity index (χ4v) is 4.36. The number of benzene rings is 2. The lowest BCUT2D eigenvalue weighted by molar-refractivity contribution is -0.136. The van der Waals surface area contributed by atoms with E-state index in [1.807, 2.05) is 54.2 Å². The molecule has 0 aliphatic rings. The summed E-state index contributed by atoms with van der Waals surface area (Å²) in [6.45, 7) is 3.37. The second-order valence-corrected chi connectivity index (χ2v) is 9.24. The van der Waals surface area contributed by atoms with Crippen molar-refractivity contribution in [2.75, 3.05) is 13.2 Å². The predicted octanol–water partition coefficient (Wildman–Crippen LogP) is 5.85. The van der Waals surface area contributed by atoms with Crippen molar-refractivity contribution in [3.05, 3.63) is 87.7 Å². The van der Waals surface area contributed by atoms with Gasteiger partial charge >= 0.3 is 5.97 Å². The van der Waals surface area contributed by atoms with E-state index < -0.39 is 5.97 Å². The van der Waals surface area contributed by atoms with Crippen LogP contribution in [0.4, 0.5) is 0 Å². The maximum absolute atomic E-state index is 11.1. The summed E-state index contributed by atoms with van der Waals surface area (Å²) in [6, 6.07) is 16.8. The predicted molar refractivity (Wildman–Crippen MR) is 142 cm³/mol. The van der Waals surface area contributed by atoms with Crippen LogP contribution in [0.2, 0.25) is 10.0 Å². The minimum absolute atomic E-state index is 0.0173. The van der Waals surface area contributed by atoms with Gasteiger partial charge in [0.15, 0.2) is 0 Å². The zero-order chi connectivity index (χ0) is 26.2. The molecular formula is C27H28Cl2N4O4. The molecule has 0 atom stereocenters. The molecule has 0 spiro atoms. The van der Waals surface area contributed by atoms with Gasteiger partial charge in [0.1, 0.15) is 0 Å². The van der Waals surface area contributed by atoms with Gasteiger partial charge in [-0.05, 0) is 49.6 Å². The number of aliphatic carboxylic acids is 1. The molecule has 0 amide bonds. The molecule has 194 valence electrons. The largest absolute Gasteiger partial charge is 0.481 e. The van der Waals surface area contributed by atoms with Crippen molar-refractivity contribution >= 4 is 29.2 Å². The summed E-state index contributed by atoms with van der Waals surface area (Å²) in [6.07, 6.45) is 3.76. The zero-order valence-electron chi connectivity index (χ0n) is 20.4. The van der Waals surface area contributed by atoms with Crippen LogP contribution in [0, 0.1) is 0 Å². The van der Waals surface area contributed by atoms with Gasteiger partial charge in [-0.25, -0.2) is 4.68 Å². The molecule has 37 heavy (non-hydrogen) atoms. The fourth-order valence-electron chi connectivity index (χ4n) is 3.89. The van der Waals surface area contributed by atoms with Gasteiger partial charge in [0.2, 0.25) is 11.8 Å². The number of rotatable bonds is 13. The number of aromatic nitrogens is 4. The van der Waals surface area contributed by atoms with E-state index in [0.717, 1.165) is 28.9 Å². The molecule has 8 nitrogen and oxygen atoms in total. The SMILES string of the molecule is CCOc1nn(Cc2ccc(Cl)cc2Cl)cc1CCCOc1cc(CCC(=O)O)n(-c2ccccc2)n1. The summed E-state index contributed by atoms with van der Waals surface area (Å²) in [7, 11) is 0. The Morgan fingerprint density at radius 3 is 2.54 bits per heavy atom. The maximum Gasteiger partial charge on any atom is 0.303 e. The Hall–Kier alpha value is -3.49. The molecule has 0 radical (unpaired) electrons. The Morgan fingerprint density at radius 2 is 1.81 bits per heavy atom. The first-order valence-corrected chi connectivity index (χ1v) is 12.8. The van der Waals surface area contributed by atoms with E-state index in [-0.39, 0.29) is 6.42 Å². The van der Waals surface area contributed by atoms with Crippen LogP contribution in [-0.2, 0) is 24.2 Å². The molecular weight excluding hydrogens is 515 g/mol. The molecule has 2 heterocycles. The molecule has 4 rings (SSSR count). The molecule has 2 aromatic heterocycles. The second kappa shape index (κ2) is 12.7. The van der Waals surface area contributed by atoms with Gasteiger partial charge in [-0.1, -0.05) is 47.5 Å². The highest BCUT2D eigenvalue weighted by molar-refractivity contribution is 6.35. The molecule has 0 fully saturated rings. The van der Waals surface area contributed by atoms with E-state index in [9.17, 15) is 4.79 Å². The average Bonchev–Trinajstić information content (AvgIpc) is 3.46. The maximum atomic E-state index is 11.1. The number of hydrogen-bond acceptors (Lipinski definition) is 5. The Morgan fingerprint density at radius 1 is 1.00 bits per heavy atom. The van der Waals surface area contributed by atoms with Crippen LogP contribution in [0.3, 0.4) is 0 Å². The number of ether oxygens (including phenoxy) is 2. The van der Waals surface area contributed by atoms with Crippen LogP contribution >= 0.6 is 23.2 Å². The number of para-hydroxylation sites is 1. The van der Waals surface area contributed by atoms with Crippen molar-refractivity contribution < 1.29 is 19.4 Å². The van der Waals surface area contributed by atoms with E-state index in [1.165, 1.54) is 0 Å². The lowest BCUT2D eigenvalue weighted by Gasteiger charge is -2.06. The van der Waals surface area contributed by atoms with Crippen LogP contribution in [0.1, 0.15) is 36.6 Å². The highest BCUT2D eigenvalue weighted by Gasteiger charge is 2.14. The minimum Gasteiger partial charge on any atom is -0.481 e. The number of carboxylic acid groups (broad SMARTS) is 1. The third kappa shape index (κ3) is 7.27. The first kappa shape index (κ1) is 26.6. The van der Waals surface area contributed by atoms with E-state index in [4.69, 9.17) is 37.8 Å². The van der Waals surface area contributed by atoms with Crippen LogP contribution in [0.25, 0.3) is 5.69 Å². The summed E-state index contributed by atoms with van der Waals surface area (Å²) >= 11 is 12.3. The third-order valence-electron chi connectivity index (χ3n) is 5.62. The number of aryl methyl sites for hydroxylation is 2. The van der Waals surface area contributed by atoms with Gasteiger partial charge < -0.3 is 14.6 Å². The molecule has 4 aromatic rings. The van der Waals surface area contributed by atoms with E-state index in [2.05, 4.69) is 10.2 Å². The molecule has 10 heteroatoms. The Balaban J connectivity index is 1.39. The van der Waals surface area contributed by atoms with Crippen LogP contribution in [0.5, 0.6) is 11.8 Å². The summed E-state index contributed by atoms with van der Waals surface area (Å²) < 4.78 is 15.2. The fraction of sp³-hybridized carbons (Fsp3) is 0.296. The van der Waals surface area contributed by atoms with Gasteiger partial charge in [0.25, 0.3) is 0 Å². The molecule has 0 aliphatic carbocycles. The molecule has 0 saturated heterocycles. The highest BCUT2D eigenvalue weighted by atomic mass is 35.5. The highest BCUT2D eigenvalue weighted by Crippen LogP contribution is 2.24. The molecule has 0 unspecified atom stereocenters. The standard InChI is InChI=1S/C27H28Cl2N4O4/c1-2-36-27-20(18-32(31-27)17-19-10-11-21(28)15-24(19)29)7-6-14-37-25-16-23(12-13-26(34)35)33(30-25)22-8-4-3-5-9-22/h3-5,8-11,15-16,18H,2,6-7,12-14,17H2,1H3,(H,34,35). The van der Waals surface area contributed by atoms with Gasteiger partial charge in [0, 0.05) is 40.0 Å². The topological polar surface area (TPSA) is 91.4 Å². The number of carboxylic acids is 1. The van der Waals surface area contributed by atoms with Gasteiger partial charge in [-0.15, -0.1) is 10.2 Å². The number of hydrogen-bond donors (Lipinski definition) is 1. The molecule has 2 aromatic carbocycles. The van der Waals surface area contributed by atoms with Crippen molar-refractivity contribution in [1.29, 1.82) is 0 Å². The number of carbonyl (C=O) groups is 1. The Kier molecular flexibility index (Phi) is 9.09. The van der Waals surface area contributed by atoms with Crippen molar-refractivity contribution in [3.8, 4) is 17.4 Å². The van der Waals surface area contributed by atoms with E-state index in [1.54, 1.807) is 22.9 Å². The quantitative estimate of drug-likeness (QED) is 0.213. The van der Waals surface area contributed by atoms with Crippen molar-refractivity contribution in [1.82, 2.24) is 19.6 Å². The summed E-state index contributed by atoms with van der Waals surface area (Å²) in [5.74, 6) is 0.200. The van der Waals surface area contributed by atoms with Crippen molar-refractivity contribution in [2.24, 2.45) is 0 Å². The van der Waals surface area contributed by atoms with Crippen LogP contribution < -0.4 is 9.47 Å². The average molecular weight is 543 g/mol. The first-order chi connectivity index (χ1) is 17.9. The number of halogens is 2. The van der Waals surface area contributed by atoms with Crippen molar-refractivity contribution in [2.45, 2.75) is 39.2 Å². The van der Waals surface area contributed by atoms with E-state index in [0.29, 0.717) is 54.4 Å². The van der Waals surface area contributed by atoms with E-state index >= 15 is 0 Å². The second-order valence-electron chi connectivity index (χ2n) is 8.39. The van der Waals surface area contributed by atoms with Gasteiger partial charge in [-0.2, -0.15) is 0 Å². The summed E-state index contributed by atoms with van der Waals surface area (Å²) in [5.41, 5.74) is 3.53. The first-order valence-electron chi connectivity index (χ1n) is 12.0. The minimum atomic E-state index is -0.854. The third-order valence-corrected chi connectivity index (χ3v) is 6.21. The van der Waals surface area contributed by atoms with Gasteiger partial charge in [0.05, 0.1) is 31.9 Å². The monoisotopic (exact) mass is 542 g/mol. The Labute approximate surface area is 225 Å². The lowest BCUT2D eigenvalue weighted by atomic mass is 10.2. The molecule has 1 N–H and O–H groups in total. The Bertz CT molecular complexity index is 1340. The normalized spacial score (nSPS) is 11.0. The van der Waals surface area contributed by atoms with Crippen LogP contribution in [-0.4, -0.2) is 43.9 Å². The van der Waals surface area contributed by atoms with Crippen molar-refractivity contribution in [3.63, 3.8) is 0 Å². The lowest BCUT2D eigenvalue weighted by Crippen LogP contribution is -2.05. The van der Waals surface area contributed by atoms with Gasteiger partial charge in [-0.3, -0.25) is 9.48 Å². The molecule has 0 bridgehead atoms. The summed E-state index contributed by atoms with van der Waals surface area (Å²) in [5, 5.41) is 19.4. The smallest absolute Gasteiger partial charge is 0.303 e. The zero-order valence-corrected chi connectivity index (χ0v) is 22.0.